The molecule has 2 unspecified atom stereocenters. The Morgan fingerprint density at radius 2 is 1.72 bits per heavy atom. The van der Waals surface area contributed by atoms with Crippen LogP contribution >= 0.6 is 0 Å². The number of nitrogens with one attached hydrogen (secondary N) is 1. The first-order valence-electron chi connectivity index (χ1n) is 7.00. The molecule has 102 valence electrons. The van der Waals surface area contributed by atoms with Crippen molar-refractivity contribution in [1.29, 1.82) is 0 Å². The number of benzene rings is 1. The van der Waals surface area contributed by atoms with E-state index in [-0.39, 0.29) is 5.82 Å². The monoisotopic (exact) mass is 251 g/mol. The summed E-state index contributed by atoms with van der Waals surface area (Å²) in [5.74, 6) is 1.14. The number of rotatable bonds is 7. The van der Waals surface area contributed by atoms with Gasteiger partial charge in [-0.15, -0.1) is 0 Å². The topological polar surface area (TPSA) is 12.0 Å². The highest BCUT2D eigenvalue weighted by atomic mass is 19.1. The van der Waals surface area contributed by atoms with Crippen molar-refractivity contribution in [2.75, 3.05) is 6.54 Å². The first-order chi connectivity index (χ1) is 8.52. The van der Waals surface area contributed by atoms with Gasteiger partial charge in [0.1, 0.15) is 5.82 Å². The van der Waals surface area contributed by atoms with Crippen molar-refractivity contribution in [1.82, 2.24) is 5.32 Å². The zero-order valence-electron chi connectivity index (χ0n) is 12.0. The predicted octanol–water partition coefficient (Wildman–Crippen LogP) is 4.03. The maximum absolute atomic E-state index is 12.9. The maximum atomic E-state index is 12.9. The molecule has 0 saturated heterocycles. The van der Waals surface area contributed by atoms with Gasteiger partial charge in [0, 0.05) is 6.04 Å². The lowest BCUT2D eigenvalue weighted by Crippen LogP contribution is -2.32. The summed E-state index contributed by atoms with van der Waals surface area (Å²) in [6.45, 7) is 9.91. The van der Waals surface area contributed by atoms with Gasteiger partial charge in [-0.3, -0.25) is 0 Å². The van der Waals surface area contributed by atoms with Crippen LogP contribution in [-0.2, 0) is 6.42 Å². The van der Waals surface area contributed by atoms with Crippen molar-refractivity contribution in [3.05, 3.63) is 35.6 Å². The van der Waals surface area contributed by atoms with E-state index in [1.807, 2.05) is 12.1 Å². The van der Waals surface area contributed by atoms with Crippen molar-refractivity contribution >= 4 is 0 Å². The zero-order chi connectivity index (χ0) is 13.5. The SMILES string of the molecule is CCC(C)C(CNC(C)C)Cc1ccc(F)cc1. The average Bonchev–Trinajstić information content (AvgIpc) is 2.35. The van der Waals surface area contributed by atoms with Crippen molar-refractivity contribution in [3.8, 4) is 0 Å². The Balaban J connectivity index is 2.62. The molecule has 0 fully saturated rings. The van der Waals surface area contributed by atoms with Crippen LogP contribution in [0.25, 0.3) is 0 Å². The number of hydrogen-bond donors (Lipinski definition) is 1. The summed E-state index contributed by atoms with van der Waals surface area (Å²) in [7, 11) is 0. The molecule has 0 aliphatic carbocycles. The van der Waals surface area contributed by atoms with Gasteiger partial charge in [-0.2, -0.15) is 0 Å². The number of hydrogen-bond acceptors (Lipinski definition) is 1. The Labute approximate surface area is 111 Å². The summed E-state index contributed by atoms with van der Waals surface area (Å²) in [5.41, 5.74) is 1.23. The minimum absolute atomic E-state index is 0.154. The second kappa shape index (κ2) is 7.52. The van der Waals surface area contributed by atoms with Gasteiger partial charge >= 0.3 is 0 Å². The minimum atomic E-state index is -0.154. The normalized spacial score (nSPS) is 14.8. The summed E-state index contributed by atoms with van der Waals surface area (Å²) in [6, 6.07) is 7.43. The molecule has 0 radical (unpaired) electrons. The smallest absolute Gasteiger partial charge is 0.123 e. The van der Waals surface area contributed by atoms with E-state index in [4.69, 9.17) is 0 Å². The van der Waals surface area contributed by atoms with Gasteiger partial charge in [-0.25, -0.2) is 4.39 Å². The summed E-state index contributed by atoms with van der Waals surface area (Å²) in [5, 5.41) is 3.52. The first kappa shape index (κ1) is 15.2. The average molecular weight is 251 g/mol. The largest absolute Gasteiger partial charge is 0.314 e. The molecule has 2 heteroatoms. The zero-order valence-corrected chi connectivity index (χ0v) is 12.0. The van der Waals surface area contributed by atoms with Gasteiger partial charge < -0.3 is 5.32 Å². The molecule has 1 nitrogen and oxygen atoms in total. The Bertz CT molecular complexity index is 331. The van der Waals surface area contributed by atoms with Crippen LogP contribution in [0.1, 0.15) is 39.7 Å². The van der Waals surface area contributed by atoms with Crippen molar-refractivity contribution < 1.29 is 4.39 Å². The highest BCUT2D eigenvalue weighted by Gasteiger charge is 2.16. The van der Waals surface area contributed by atoms with E-state index in [0.29, 0.717) is 17.9 Å². The van der Waals surface area contributed by atoms with Gasteiger partial charge in [-0.05, 0) is 42.5 Å². The van der Waals surface area contributed by atoms with Crippen LogP contribution in [0.3, 0.4) is 0 Å². The third-order valence-corrected chi connectivity index (χ3v) is 3.65. The Hall–Kier alpha value is -0.890. The molecular formula is C16H26FN. The molecule has 1 aromatic rings. The molecule has 0 aliphatic heterocycles. The van der Waals surface area contributed by atoms with Crippen LogP contribution < -0.4 is 5.32 Å². The van der Waals surface area contributed by atoms with Gasteiger partial charge in [0.15, 0.2) is 0 Å². The molecule has 0 aliphatic rings. The molecular weight excluding hydrogens is 225 g/mol. The summed E-state index contributed by atoms with van der Waals surface area (Å²) in [4.78, 5) is 0. The van der Waals surface area contributed by atoms with Crippen LogP contribution in [0.15, 0.2) is 24.3 Å². The molecule has 0 aromatic heterocycles. The quantitative estimate of drug-likeness (QED) is 0.771. The summed E-state index contributed by atoms with van der Waals surface area (Å²) >= 11 is 0. The van der Waals surface area contributed by atoms with Crippen LogP contribution in [0.2, 0.25) is 0 Å². The summed E-state index contributed by atoms with van der Waals surface area (Å²) in [6.07, 6.45) is 2.21. The van der Waals surface area contributed by atoms with E-state index in [9.17, 15) is 4.39 Å². The minimum Gasteiger partial charge on any atom is -0.314 e. The van der Waals surface area contributed by atoms with Gasteiger partial charge in [0.2, 0.25) is 0 Å². The van der Waals surface area contributed by atoms with E-state index in [2.05, 4.69) is 33.0 Å². The highest BCUT2D eigenvalue weighted by molar-refractivity contribution is 5.16. The van der Waals surface area contributed by atoms with E-state index in [0.717, 1.165) is 13.0 Å². The Morgan fingerprint density at radius 1 is 1.11 bits per heavy atom. The maximum Gasteiger partial charge on any atom is 0.123 e. The number of halogens is 1. The third-order valence-electron chi connectivity index (χ3n) is 3.65. The molecule has 0 saturated carbocycles. The first-order valence-corrected chi connectivity index (χ1v) is 7.00. The van der Waals surface area contributed by atoms with Crippen LogP contribution in [0, 0.1) is 17.7 Å². The van der Waals surface area contributed by atoms with E-state index in [1.54, 1.807) is 12.1 Å². The van der Waals surface area contributed by atoms with Crippen molar-refractivity contribution in [2.45, 2.75) is 46.6 Å². The van der Waals surface area contributed by atoms with Crippen LogP contribution in [0.5, 0.6) is 0 Å². The van der Waals surface area contributed by atoms with Crippen LogP contribution in [-0.4, -0.2) is 12.6 Å². The van der Waals surface area contributed by atoms with E-state index >= 15 is 0 Å². The van der Waals surface area contributed by atoms with Crippen LogP contribution in [0.4, 0.5) is 4.39 Å². The summed E-state index contributed by atoms with van der Waals surface area (Å²) < 4.78 is 12.9. The van der Waals surface area contributed by atoms with Gasteiger partial charge in [0.25, 0.3) is 0 Å². The molecule has 1 N–H and O–H groups in total. The lowest BCUT2D eigenvalue weighted by atomic mass is 9.86. The van der Waals surface area contributed by atoms with Gasteiger partial charge in [-0.1, -0.05) is 46.2 Å². The Morgan fingerprint density at radius 3 is 2.22 bits per heavy atom. The van der Waals surface area contributed by atoms with Crippen molar-refractivity contribution in [3.63, 3.8) is 0 Å². The molecule has 2 atom stereocenters. The second-order valence-corrected chi connectivity index (χ2v) is 5.54. The molecule has 0 heterocycles. The standard InChI is InChI=1S/C16H26FN/c1-5-13(4)15(11-18-12(2)3)10-14-6-8-16(17)9-7-14/h6-9,12-13,15,18H,5,10-11H2,1-4H3. The molecule has 18 heavy (non-hydrogen) atoms. The highest BCUT2D eigenvalue weighted by Crippen LogP contribution is 2.20. The van der Waals surface area contributed by atoms with E-state index < -0.39 is 0 Å². The van der Waals surface area contributed by atoms with Gasteiger partial charge in [0.05, 0.1) is 0 Å². The van der Waals surface area contributed by atoms with E-state index in [1.165, 1.54) is 12.0 Å². The molecule has 0 spiro atoms. The molecule has 1 aromatic carbocycles. The predicted molar refractivity (Wildman–Crippen MR) is 76.2 cm³/mol. The lowest BCUT2D eigenvalue weighted by Gasteiger charge is -2.24. The Kier molecular flexibility index (Phi) is 6.34. The lowest BCUT2D eigenvalue weighted by molar-refractivity contribution is 0.320. The molecule has 0 amide bonds. The second-order valence-electron chi connectivity index (χ2n) is 5.54. The molecule has 0 bridgehead atoms. The fourth-order valence-corrected chi connectivity index (χ4v) is 2.12. The fourth-order valence-electron chi connectivity index (χ4n) is 2.12. The fraction of sp³-hybridized carbons (Fsp3) is 0.625. The molecule has 1 rings (SSSR count). The third kappa shape index (κ3) is 5.18. The van der Waals surface area contributed by atoms with Crippen molar-refractivity contribution in [2.24, 2.45) is 11.8 Å².